The summed E-state index contributed by atoms with van der Waals surface area (Å²) in [4.78, 5) is 10.2. The number of carbonyl (C=O) groups is 1. The minimum absolute atomic E-state index is 0.208. The second-order valence-corrected chi connectivity index (χ2v) is 5.16. The lowest BCUT2D eigenvalue weighted by atomic mass is 10.0. The number of aliphatic hydroxyl groups excluding tert-OH is 1. The van der Waals surface area contributed by atoms with Gasteiger partial charge in [-0.3, -0.25) is 4.79 Å². The molecule has 1 saturated heterocycles. The highest BCUT2D eigenvalue weighted by Gasteiger charge is 2.37. The third-order valence-electron chi connectivity index (χ3n) is 1.87. The van der Waals surface area contributed by atoms with Gasteiger partial charge in [-0.25, -0.2) is 8.42 Å². The molecule has 1 fully saturated rings. The van der Waals surface area contributed by atoms with Gasteiger partial charge in [-0.1, -0.05) is 0 Å². The van der Waals surface area contributed by atoms with Crippen LogP contribution in [0.2, 0.25) is 0 Å². The Morgan fingerprint density at radius 2 is 2.00 bits per heavy atom. The molecule has 1 rings (SSSR count). The summed E-state index contributed by atoms with van der Waals surface area (Å²) in [6.07, 6.45) is -1.29. The van der Waals surface area contributed by atoms with Crippen LogP contribution in [0.25, 0.3) is 0 Å². The maximum absolute atomic E-state index is 10.9. The zero-order valence-corrected chi connectivity index (χ0v) is 7.12. The second-order valence-electron chi connectivity index (χ2n) is 3.00. The molecular formula is C6H10O5S. The molecule has 0 radical (unpaired) electrons. The molecule has 0 aliphatic carbocycles. The molecule has 0 aromatic rings. The van der Waals surface area contributed by atoms with Crippen LogP contribution in [0.4, 0.5) is 0 Å². The molecule has 1 aliphatic rings. The summed E-state index contributed by atoms with van der Waals surface area (Å²) < 4.78 is 21.8. The molecular weight excluding hydrogens is 184 g/mol. The predicted molar refractivity (Wildman–Crippen MR) is 40.4 cm³/mol. The van der Waals surface area contributed by atoms with Crippen LogP contribution in [0.5, 0.6) is 0 Å². The third kappa shape index (κ3) is 2.18. The standard InChI is InChI=1S/C6H10O5S/c7-5-3-12(10,11)2-4(5)1-6(8)9/h4-5,7H,1-3H2,(H,8,9)/t4-,5+/m0/s1. The average molecular weight is 194 g/mol. The van der Waals surface area contributed by atoms with Gasteiger partial charge < -0.3 is 10.2 Å². The van der Waals surface area contributed by atoms with Crippen LogP contribution in [0.15, 0.2) is 0 Å². The van der Waals surface area contributed by atoms with E-state index >= 15 is 0 Å². The lowest BCUT2D eigenvalue weighted by molar-refractivity contribution is -0.138. The Balaban J connectivity index is 2.64. The maximum Gasteiger partial charge on any atom is 0.303 e. The highest BCUT2D eigenvalue weighted by molar-refractivity contribution is 7.91. The van der Waals surface area contributed by atoms with Crippen molar-refractivity contribution in [2.75, 3.05) is 11.5 Å². The van der Waals surface area contributed by atoms with Crippen LogP contribution in [-0.2, 0) is 14.6 Å². The molecule has 0 unspecified atom stereocenters. The second kappa shape index (κ2) is 3.02. The van der Waals surface area contributed by atoms with Crippen molar-refractivity contribution < 1.29 is 23.4 Å². The van der Waals surface area contributed by atoms with Crippen molar-refractivity contribution in [2.45, 2.75) is 12.5 Å². The number of carboxylic acid groups (broad SMARTS) is 1. The van der Waals surface area contributed by atoms with Crippen LogP contribution in [0.1, 0.15) is 6.42 Å². The molecule has 0 spiro atoms. The number of carboxylic acids is 1. The van der Waals surface area contributed by atoms with Gasteiger partial charge in [0.1, 0.15) is 0 Å². The summed E-state index contributed by atoms with van der Waals surface area (Å²) in [5.74, 6) is -2.21. The fourth-order valence-corrected chi connectivity index (χ4v) is 3.24. The Labute approximate surface area is 69.9 Å². The van der Waals surface area contributed by atoms with Crippen LogP contribution in [0, 0.1) is 5.92 Å². The lowest BCUT2D eigenvalue weighted by Gasteiger charge is -2.07. The van der Waals surface area contributed by atoms with Gasteiger partial charge in [-0.2, -0.15) is 0 Å². The van der Waals surface area contributed by atoms with E-state index < -0.39 is 27.8 Å². The van der Waals surface area contributed by atoms with Crippen molar-refractivity contribution in [3.8, 4) is 0 Å². The molecule has 5 nitrogen and oxygen atoms in total. The number of aliphatic carboxylic acids is 1. The Bertz CT molecular complexity index is 280. The fraction of sp³-hybridized carbons (Fsp3) is 0.833. The van der Waals surface area contributed by atoms with Crippen LogP contribution in [-0.4, -0.2) is 42.2 Å². The average Bonchev–Trinajstić information content (AvgIpc) is 2.03. The normalized spacial score (nSPS) is 33.4. The van der Waals surface area contributed by atoms with E-state index in [0.717, 1.165) is 0 Å². The quantitative estimate of drug-likeness (QED) is 0.580. The van der Waals surface area contributed by atoms with Crippen molar-refractivity contribution in [2.24, 2.45) is 5.92 Å². The topological polar surface area (TPSA) is 91.7 Å². The molecule has 0 amide bonds. The van der Waals surface area contributed by atoms with Crippen molar-refractivity contribution in [3.05, 3.63) is 0 Å². The van der Waals surface area contributed by atoms with Gasteiger partial charge in [0.25, 0.3) is 0 Å². The smallest absolute Gasteiger partial charge is 0.303 e. The largest absolute Gasteiger partial charge is 0.481 e. The highest BCUT2D eigenvalue weighted by Crippen LogP contribution is 2.21. The van der Waals surface area contributed by atoms with Gasteiger partial charge in [0.15, 0.2) is 9.84 Å². The summed E-state index contributed by atoms with van der Waals surface area (Å²) in [5.41, 5.74) is 0. The van der Waals surface area contributed by atoms with Crippen molar-refractivity contribution in [3.63, 3.8) is 0 Å². The van der Waals surface area contributed by atoms with Gasteiger partial charge in [0, 0.05) is 5.92 Å². The first-order chi connectivity index (χ1) is 5.41. The summed E-state index contributed by atoms with van der Waals surface area (Å²) in [6, 6.07) is 0. The number of aliphatic hydroxyl groups is 1. The van der Waals surface area contributed by atoms with Gasteiger partial charge >= 0.3 is 5.97 Å². The molecule has 70 valence electrons. The number of hydrogen-bond acceptors (Lipinski definition) is 4. The molecule has 0 aromatic heterocycles. The van der Waals surface area contributed by atoms with Gasteiger partial charge in [0.05, 0.1) is 24.0 Å². The first kappa shape index (κ1) is 9.47. The molecule has 0 bridgehead atoms. The van der Waals surface area contributed by atoms with E-state index in [0.29, 0.717) is 0 Å². The number of sulfone groups is 1. The van der Waals surface area contributed by atoms with E-state index in [9.17, 15) is 13.2 Å². The van der Waals surface area contributed by atoms with E-state index in [1.54, 1.807) is 0 Å². The predicted octanol–water partition coefficient (Wildman–Crippen LogP) is -1.13. The van der Waals surface area contributed by atoms with Crippen LogP contribution in [0.3, 0.4) is 0 Å². The van der Waals surface area contributed by atoms with Gasteiger partial charge in [-0.15, -0.1) is 0 Å². The summed E-state index contributed by atoms with van der Waals surface area (Å²) >= 11 is 0. The first-order valence-corrected chi connectivity index (χ1v) is 5.33. The van der Waals surface area contributed by atoms with E-state index in [1.165, 1.54) is 0 Å². The van der Waals surface area contributed by atoms with Crippen molar-refractivity contribution >= 4 is 15.8 Å². The number of hydrogen-bond donors (Lipinski definition) is 2. The molecule has 1 heterocycles. The Kier molecular flexibility index (Phi) is 2.39. The monoisotopic (exact) mass is 194 g/mol. The zero-order valence-electron chi connectivity index (χ0n) is 6.30. The van der Waals surface area contributed by atoms with Crippen LogP contribution < -0.4 is 0 Å². The van der Waals surface area contributed by atoms with E-state index in [1.807, 2.05) is 0 Å². The lowest BCUT2D eigenvalue weighted by Crippen LogP contribution is -2.20. The van der Waals surface area contributed by atoms with Crippen molar-refractivity contribution in [1.82, 2.24) is 0 Å². The third-order valence-corrected chi connectivity index (χ3v) is 3.66. The minimum atomic E-state index is -3.20. The molecule has 2 atom stereocenters. The summed E-state index contributed by atoms with van der Waals surface area (Å²) in [5, 5.41) is 17.5. The molecule has 1 aliphatic heterocycles. The van der Waals surface area contributed by atoms with E-state index in [4.69, 9.17) is 10.2 Å². The molecule has 2 N–H and O–H groups in total. The SMILES string of the molecule is O=C(O)C[C@H]1CS(=O)(=O)C[C@H]1O. The molecule has 0 aromatic carbocycles. The minimum Gasteiger partial charge on any atom is -0.481 e. The number of rotatable bonds is 2. The Morgan fingerprint density at radius 1 is 1.42 bits per heavy atom. The summed E-state index contributed by atoms with van der Waals surface area (Å²) in [6.45, 7) is 0. The maximum atomic E-state index is 10.9. The molecule has 6 heteroatoms. The first-order valence-electron chi connectivity index (χ1n) is 3.51. The van der Waals surface area contributed by atoms with Gasteiger partial charge in [-0.05, 0) is 0 Å². The Morgan fingerprint density at radius 3 is 2.33 bits per heavy atom. The Hall–Kier alpha value is -0.620. The summed E-state index contributed by atoms with van der Waals surface area (Å²) in [7, 11) is -3.20. The van der Waals surface area contributed by atoms with E-state index in [-0.39, 0.29) is 17.9 Å². The zero-order chi connectivity index (χ0) is 9.35. The van der Waals surface area contributed by atoms with Gasteiger partial charge in [0.2, 0.25) is 0 Å². The molecule has 12 heavy (non-hydrogen) atoms. The van der Waals surface area contributed by atoms with Crippen molar-refractivity contribution in [1.29, 1.82) is 0 Å². The van der Waals surface area contributed by atoms with E-state index in [2.05, 4.69) is 0 Å². The highest BCUT2D eigenvalue weighted by atomic mass is 32.2. The molecule has 0 saturated carbocycles. The van der Waals surface area contributed by atoms with Crippen LogP contribution >= 0.6 is 0 Å². The fourth-order valence-electron chi connectivity index (χ4n) is 1.32.